The van der Waals surface area contributed by atoms with E-state index in [9.17, 15) is 4.79 Å². The number of hydrogen-bond acceptors (Lipinski definition) is 6. The normalized spacial score (nSPS) is 15.7. The molecule has 0 atom stereocenters. The van der Waals surface area contributed by atoms with Crippen LogP contribution in [0, 0.1) is 6.92 Å². The zero-order chi connectivity index (χ0) is 16.5. The van der Waals surface area contributed by atoms with Gasteiger partial charge in [-0.2, -0.15) is 0 Å². The molecule has 124 valence electrons. The fourth-order valence-electron chi connectivity index (χ4n) is 3.03. The highest BCUT2D eigenvalue weighted by atomic mass is 32.1. The van der Waals surface area contributed by atoms with Gasteiger partial charge in [0.25, 0.3) is 5.56 Å². The Bertz CT molecular complexity index is 918. The highest BCUT2D eigenvalue weighted by Gasteiger charge is 2.19. The van der Waals surface area contributed by atoms with Crippen molar-refractivity contribution in [1.82, 2.24) is 15.0 Å². The number of aromatic nitrogens is 3. The standard InChI is InChI=1S/C17H19N5OS/c1-12-11-24-17(18-12)22-8-4-7-21(9-10-22)16-19-14-6-3-2-5-13(14)15(23)20-16/h2-3,5-6,11H,4,7-10H2,1H3,(H,19,20,23). The molecule has 0 unspecified atom stereocenters. The molecule has 2 aromatic heterocycles. The van der Waals surface area contributed by atoms with Crippen LogP contribution in [0.5, 0.6) is 0 Å². The molecule has 3 aromatic rings. The first-order valence-electron chi connectivity index (χ1n) is 8.12. The summed E-state index contributed by atoms with van der Waals surface area (Å²) in [6.07, 6.45) is 1.01. The second kappa shape index (κ2) is 6.24. The number of benzene rings is 1. The van der Waals surface area contributed by atoms with Gasteiger partial charge in [0.1, 0.15) is 0 Å². The second-order valence-electron chi connectivity index (χ2n) is 6.01. The summed E-state index contributed by atoms with van der Waals surface area (Å²) < 4.78 is 0. The molecular weight excluding hydrogens is 322 g/mol. The number of nitrogens with zero attached hydrogens (tertiary/aromatic N) is 4. The summed E-state index contributed by atoms with van der Waals surface area (Å²) in [6, 6.07) is 7.46. The van der Waals surface area contributed by atoms with Crippen LogP contribution in [0.15, 0.2) is 34.4 Å². The molecule has 1 aliphatic heterocycles. The van der Waals surface area contributed by atoms with Crippen molar-refractivity contribution in [3.63, 3.8) is 0 Å². The number of aryl methyl sites for hydroxylation is 1. The topological polar surface area (TPSA) is 65.1 Å². The summed E-state index contributed by atoms with van der Waals surface area (Å²) in [6.45, 7) is 5.57. The van der Waals surface area contributed by atoms with Crippen LogP contribution < -0.4 is 15.4 Å². The quantitative estimate of drug-likeness (QED) is 0.775. The molecule has 4 rings (SSSR count). The van der Waals surface area contributed by atoms with Crippen molar-refractivity contribution in [2.45, 2.75) is 13.3 Å². The minimum atomic E-state index is -0.0766. The molecule has 1 aromatic carbocycles. The van der Waals surface area contributed by atoms with Gasteiger partial charge in [0, 0.05) is 31.6 Å². The summed E-state index contributed by atoms with van der Waals surface area (Å²) in [4.78, 5) is 28.9. The average Bonchev–Trinajstić information content (AvgIpc) is 2.88. The van der Waals surface area contributed by atoms with Gasteiger partial charge in [-0.25, -0.2) is 9.97 Å². The van der Waals surface area contributed by atoms with E-state index in [4.69, 9.17) is 0 Å². The maximum absolute atomic E-state index is 12.3. The molecule has 0 bridgehead atoms. The number of aromatic amines is 1. The third-order valence-corrected chi connectivity index (χ3v) is 5.29. The molecule has 1 fully saturated rings. The SMILES string of the molecule is Cc1csc(N2CCCN(c3nc4ccccc4c(=O)[nH]3)CC2)n1. The van der Waals surface area contributed by atoms with Crippen molar-refractivity contribution >= 4 is 33.3 Å². The predicted molar refractivity (Wildman–Crippen MR) is 98.3 cm³/mol. The summed E-state index contributed by atoms with van der Waals surface area (Å²) in [7, 11) is 0. The Kier molecular flexibility index (Phi) is 3.93. The van der Waals surface area contributed by atoms with E-state index in [-0.39, 0.29) is 5.56 Å². The van der Waals surface area contributed by atoms with Crippen LogP contribution >= 0.6 is 11.3 Å². The van der Waals surface area contributed by atoms with Gasteiger partial charge in [0.15, 0.2) is 5.13 Å². The summed E-state index contributed by atoms with van der Waals surface area (Å²) in [5.41, 5.74) is 1.73. The summed E-state index contributed by atoms with van der Waals surface area (Å²) >= 11 is 1.69. The number of nitrogens with one attached hydrogen (secondary N) is 1. The lowest BCUT2D eigenvalue weighted by Crippen LogP contribution is -2.32. The smallest absolute Gasteiger partial charge is 0.260 e. The van der Waals surface area contributed by atoms with Crippen LogP contribution in [0.3, 0.4) is 0 Å². The van der Waals surface area contributed by atoms with Gasteiger partial charge in [0.2, 0.25) is 5.95 Å². The predicted octanol–water partition coefficient (Wildman–Crippen LogP) is 2.40. The first-order valence-corrected chi connectivity index (χ1v) is 9.00. The zero-order valence-corrected chi connectivity index (χ0v) is 14.3. The minimum Gasteiger partial charge on any atom is -0.346 e. The molecule has 3 heterocycles. The van der Waals surface area contributed by atoms with Gasteiger partial charge in [-0.3, -0.25) is 9.78 Å². The van der Waals surface area contributed by atoms with E-state index in [0.717, 1.165) is 48.9 Å². The Morgan fingerprint density at radius 3 is 2.71 bits per heavy atom. The number of hydrogen-bond donors (Lipinski definition) is 1. The van der Waals surface area contributed by atoms with E-state index < -0.39 is 0 Å². The Labute approximate surface area is 143 Å². The zero-order valence-electron chi connectivity index (χ0n) is 13.5. The van der Waals surface area contributed by atoms with Gasteiger partial charge in [-0.15, -0.1) is 11.3 Å². The van der Waals surface area contributed by atoms with Gasteiger partial charge < -0.3 is 9.80 Å². The molecule has 1 N–H and O–H groups in total. The Balaban J connectivity index is 1.58. The third kappa shape index (κ3) is 2.87. The van der Waals surface area contributed by atoms with Crippen molar-refractivity contribution in [2.24, 2.45) is 0 Å². The fraction of sp³-hybridized carbons (Fsp3) is 0.353. The molecule has 6 nitrogen and oxygen atoms in total. The van der Waals surface area contributed by atoms with E-state index >= 15 is 0 Å². The maximum Gasteiger partial charge on any atom is 0.260 e. The number of anilines is 2. The van der Waals surface area contributed by atoms with Crippen LogP contribution in [0.1, 0.15) is 12.1 Å². The number of para-hydroxylation sites is 1. The maximum atomic E-state index is 12.3. The highest BCUT2D eigenvalue weighted by molar-refractivity contribution is 7.13. The van der Waals surface area contributed by atoms with E-state index in [1.807, 2.05) is 25.1 Å². The van der Waals surface area contributed by atoms with Crippen LogP contribution in [-0.4, -0.2) is 41.1 Å². The van der Waals surface area contributed by atoms with Crippen molar-refractivity contribution in [2.75, 3.05) is 36.0 Å². The van der Waals surface area contributed by atoms with Crippen molar-refractivity contribution in [3.8, 4) is 0 Å². The van der Waals surface area contributed by atoms with Gasteiger partial charge in [-0.1, -0.05) is 12.1 Å². The average molecular weight is 341 g/mol. The Morgan fingerprint density at radius 1 is 1.08 bits per heavy atom. The molecule has 0 aliphatic carbocycles. The molecule has 0 spiro atoms. The highest BCUT2D eigenvalue weighted by Crippen LogP contribution is 2.22. The number of thiazole rings is 1. The van der Waals surface area contributed by atoms with Crippen molar-refractivity contribution in [3.05, 3.63) is 45.7 Å². The van der Waals surface area contributed by atoms with Crippen LogP contribution in [-0.2, 0) is 0 Å². The van der Waals surface area contributed by atoms with Crippen molar-refractivity contribution in [1.29, 1.82) is 0 Å². The van der Waals surface area contributed by atoms with Crippen molar-refractivity contribution < 1.29 is 0 Å². The van der Waals surface area contributed by atoms with Crippen LogP contribution in [0.4, 0.5) is 11.1 Å². The van der Waals surface area contributed by atoms with Crippen LogP contribution in [0.25, 0.3) is 10.9 Å². The molecule has 7 heteroatoms. The minimum absolute atomic E-state index is 0.0766. The number of rotatable bonds is 2. The Morgan fingerprint density at radius 2 is 1.88 bits per heavy atom. The number of fused-ring (bicyclic) bond motifs is 1. The molecule has 1 aliphatic rings. The second-order valence-corrected chi connectivity index (χ2v) is 6.84. The molecule has 0 amide bonds. The van der Waals surface area contributed by atoms with Gasteiger partial charge in [-0.05, 0) is 25.5 Å². The lowest BCUT2D eigenvalue weighted by Gasteiger charge is -2.22. The first kappa shape index (κ1) is 15.1. The van der Waals surface area contributed by atoms with E-state index in [0.29, 0.717) is 11.3 Å². The largest absolute Gasteiger partial charge is 0.346 e. The fourth-order valence-corrected chi connectivity index (χ4v) is 3.89. The molecule has 0 saturated carbocycles. The number of H-pyrrole nitrogens is 1. The summed E-state index contributed by atoms with van der Waals surface area (Å²) in [5, 5.41) is 3.80. The molecule has 24 heavy (non-hydrogen) atoms. The lowest BCUT2D eigenvalue weighted by atomic mass is 10.2. The lowest BCUT2D eigenvalue weighted by molar-refractivity contribution is 0.783. The Hall–Kier alpha value is -2.41. The summed E-state index contributed by atoms with van der Waals surface area (Å²) in [5.74, 6) is 0.663. The molecular formula is C17H19N5OS. The van der Waals surface area contributed by atoms with E-state index in [1.165, 1.54) is 0 Å². The first-order chi connectivity index (χ1) is 11.7. The molecule has 0 radical (unpaired) electrons. The van der Waals surface area contributed by atoms with Crippen LogP contribution in [0.2, 0.25) is 0 Å². The van der Waals surface area contributed by atoms with E-state index in [1.54, 1.807) is 17.4 Å². The monoisotopic (exact) mass is 341 g/mol. The third-order valence-electron chi connectivity index (χ3n) is 4.27. The van der Waals surface area contributed by atoms with Gasteiger partial charge >= 0.3 is 0 Å². The van der Waals surface area contributed by atoms with E-state index in [2.05, 4.69) is 30.1 Å². The van der Waals surface area contributed by atoms with Gasteiger partial charge in [0.05, 0.1) is 16.6 Å². The molecule has 1 saturated heterocycles.